The molecule has 3 unspecified atom stereocenters. The topological polar surface area (TPSA) is 58.2 Å². The summed E-state index contributed by atoms with van der Waals surface area (Å²) in [5.74, 6) is 1.34. The van der Waals surface area contributed by atoms with Crippen molar-refractivity contribution < 1.29 is 8.42 Å². The Morgan fingerprint density at radius 1 is 1.16 bits per heavy atom. The quantitative estimate of drug-likeness (QED) is 0.673. The van der Waals surface area contributed by atoms with Crippen LogP contribution >= 0.6 is 0 Å². The van der Waals surface area contributed by atoms with E-state index in [2.05, 4.69) is 37.7 Å². The van der Waals surface area contributed by atoms with Gasteiger partial charge >= 0.3 is 0 Å². The summed E-state index contributed by atoms with van der Waals surface area (Å²) in [5, 5.41) is 3.30. The summed E-state index contributed by atoms with van der Waals surface area (Å²) in [5.41, 5.74) is 0. The van der Waals surface area contributed by atoms with Crippen molar-refractivity contribution in [2.45, 2.75) is 65.5 Å². The number of hydrogen-bond donors (Lipinski definition) is 2. The summed E-state index contributed by atoms with van der Waals surface area (Å²) in [4.78, 5) is 0. The maximum Gasteiger partial charge on any atom is 0.211 e. The van der Waals surface area contributed by atoms with E-state index in [1.54, 1.807) is 0 Å². The SMILES string of the molecule is CC(C)NCCCCS(=O)(=O)NC1CCC(C)C1C. The van der Waals surface area contributed by atoms with Crippen LogP contribution in [0, 0.1) is 11.8 Å². The summed E-state index contributed by atoms with van der Waals surface area (Å²) >= 11 is 0. The molecule has 0 aromatic rings. The molecule has 1 aliphatic carbocycles. The Morgan fingerprint density at radius 3 is 2.37 bits per heavy atom. The molecule has 2 N–H and O–H groups in total. The van der Waals surface area contributed by atoms with E-state index in [1.165, 1.54) is 0 Å². The summed E-state index contributed by atoms with van der Waals surface area (Å²) in [6.45, 7) is 9.44. The average molecular weight is 290 g/mol. The number of hydrogen-bond acceptors (Lipinski definition) is 3. The van der Waals surface area contributed by atoms with Crippen molar-refractivity contribution in [1.82, 2.24) is 10.0 Å². The molecule has 0 radical (unpaired) electrons. The van der Waals surface area contributed by atoms with E-state index in [4.69, 9.17) is 0 Å². The third kappa shape index (κ3) is 6.23. The van der Waals surface area contributed by atoms with E-state index >= 15 is 0 Å². The Hall–Kier alpha value is -0.130. The van der Waals surface area contributed by atoms with Gasteiger partial charge in [-0.1, -0.05) is 27.7 Å². The lowest BCUT2D eigenvalue weighted by Gasteiger charge is -2.19. The van der Waals surface area contributed by atoms with Crippen molar-refractivity contribution in [3.05, 3.63) is 0 Å². The molecule has 1 fully saturated rings. The highest BCUT2D eigenvalue weighted by atomic mass is 32.2. The second-order valence-electron chi connectivity index (χ2n) is 6.27. The zero-order valence-corrected chi connectivity index (χ0v) is 13.6. The molecular formula is C14H30N2O2S. The second-order valence-corrected chi connectivity index (χ2v) is 8.15. The molecule has 4 nitrogen and oxygen atoms in total. The predicted octanol–water partition coefficient (Wildman–Crippen LogP) is 2.12. The third-order valence-electron chi connectivity index (χ3n) is 4.19. The van der Waals surface area contributed by atoms with Crippen molar-refractivity contribution in [3.8, 4) is 0 Å². The predicted molar refractivity (Wildman–Crippen MR) is 80.6 cm³/mol. The van der Waals surface area contributed by atoms with Gasteiger partial charge in [0, 0.05) is 12.1 Å². The molecule has 0 saturated heterocycles. The fourth-order valence-corrected chi connectivity index (χ4v) is 4.12. The van der Waals surface area contributed by atoms with Gasteiger partial charge in [0.2, 0.25) is 10.0 Å². The molecule has 1 saturated carbocycles. The maximum atomic E-state index is 12.0. The number of sulfonamides is 1. The van der Waals surface area contributed by atoms with E-state index in [1.807, 2.05) is 0 Å². The Bertz CT molecular complexity index is 354. The van der Waals surface area contributed by atoms with Crippen LogP contribution in [0.15, 0.2) is 0 Å². The molecule has 114 valence electrons. The third-order valence-corrected chi connectivity index (χ3v) is 5.68. The molecule has 19 heavy (non-hydrogen) atoms. The molecule has 0 aromatic heterocycles. The van der Waals surface area contributed by atoms with E-state index in [0.717, 1.165) is 32.2 Å². The van der Waals surface area contributed by atoms with Gasteiger partial charge in [0.1, 0.15) is 0 Å². The molecule has 0 spiro atoms. The Morgan fingerprint density at radius 2 is 1.84 bits per heavy atom. The Balaban J connectivity index is 2.25. The standard InChI is InChI=1S/C14H30N2O2S/c1-11(2)15-9-5-6-10-19(17,18)16-14-8-7-12(3)13(14)4/h11-16H,5-10H2,1-4H3. The molecule has 0 heterocycles. The minimum atomic E-state index is -3.10. The lowest BCUT2D eigenvalue weighted by atomic mass is 9.98. The molecular weight excluding hydrogens is 260 g/mol. The average Bonchev–Trinajstić information content (AvgIpc) is 2.59. The van der Waals surface area contributed by atoms with Crippen LogP contribution in [0.3, 0.4) is 0 Å². The lowest BCUT2D eigenvalue weighted by molar-refractivity contribution is 0.402. The molecule has 0 aromatic carbocycles. The van der Waals surface area contributed by atoms with Crippen LogP contribution in [-0.4, -0.2) is 32.8 Å². The first kappa shape index (κ1) is 16.9. The fourth-order valence-electron chi connectivity index (χ4n) is 2.63. The van der Waals surface area contributed by atoms with Gasteiger partial charge in [0.15, 0.2) is 0 Å². The first-order valence-corrected chi connectivity index (χ1v) is 9.20. The smallest absolute Gasteiger partial charge is 0.211 e. The zero-order valence-electron chi connectivity index (χ0n) is 12.8. The first-order valence-electron chi connectivity index (χ1n) is 7.55. The van der Waals surface area contributed by atoms with Crippen LogP contribution in [0.1, 0.15) is 53.4 Å². The van der Waals surface area contributed by atoms with Crippen molar-refractivity contribution >= 4 is 10.0 Å². The van der Waals surface area contributed by atoms with E-state index in [9.17, 15) is 8.42 Å². The molecule has 5 heteroatoms. The normalized spacial score (nSPS) is 28.2. The molecule has 0 bridgehead atoms. The highest BCUT2D eigenvalue weighted by molar-refractivity contribution is 7.89. The van der Waals surface area contributed by atoms with Gasteiger partial charge in [-0.3, -0.25) is 0 Å². The van der Waals surface area contributed by atoms with Crippen LogP contribution in [0.25, 0.3) is 0 Å². The van der Waals surface area contributed by atoms with E-state index < -0.39 is 10.0 Å². The van der Waals surface area contributed by atoms with Crippen molar-refractivity contribution in [3.63, 3.8) is 0 Å². The Labute approximate surface area is 118 Å². The van der Waals surface area contributed by atoms with E-state index in [0.29, 0.717) is 17.9 Å². The number of nitrogens with one attached hydrogen (secondary N) is 2. The summed E-state index contributed by atoms with van der Waals surface area (Å²) in [6, 6.07) is 0.615. The largest absolute Gasteiger partial charge is 0.315 e. The van der Waals surface area contributed by atoms with E-state index in [-0.39, 0.29) is 11.8 Å². The lowest BCUT2D eigenvalue weighted by Crippen LogP contribution is -2.38. The van der Waals surface area contributed by atoms with Crippen LogP contribution in [0.2, 0.25) is 0 Å². The highest BCUT2D eigenvalue weighted by Gasteiger charge is 2.32. The zero-order chi connectivity index (χ0) is 14.5. The second kappa shape index (κ2) is 7.60. The van der Waals surface area contributed by atoms with Gasteiger partial charge in [-0.05, 0) is 44.1 Å². The number of unbranched alkanes of at least 4 members (excludes halogenated alkanes) is 1. The molecule has 1 rings (SSSR count). The molecule has 3 atom stereocenters. The minimum Gasteiger partial charge on any atom is -0.315 e. The summed E-state index contributed by atoms with van der Waals surface area (Å²) in [6.07, 6.45) is 3.75. The fraction of sp³-hybridized carbons (Fsp3) is 1.00. The van der Waals surface area contributed by atoms with Gasteiger partial charge in [0.25, 0.3) is 0 Å². The Kier molecular flexibility index (Phi) is 6.77. The molecule has 0 aliphatic heterocycles. The van der Waals surface area contributed by atoms with Gasteiger partial charge < -0.3 is 5.32 Å². The molecule has 1 aliphatic rings. The van der Waals surface area contributed by atoms with Gasteiger partial charge in [-0.2, -0.15) is 0 Å². The maximum absolute atomic E-state index is 12.0. The van der Waals surface area contributed by atoms with Crippen LogP contribution < -0.4 is 10.0 Å². The summed E-state index contributed by atoms with van der Waals surface area (Å²) < 4.78 is 26.9. The first-order chi connectivity index (χ1) is 8.82. The van der Waals surface area contributed by atoms with Crippen molar-refractivity contribution in [2.24, 2.45) is 11.8 Å². The highest BCUT2D eigenvalue weighted by Crippen LogP contribution is 2.31. The number of rotatable bonds is 8. The molecule has 0 amide bonds. The van der Waals surface area contributed by atoms with Crippen LogP contribution in [-0.2, 0) is 10.0 Å². The van der Waals surface area contributed by atoms with Crippen molar-refractivity contribution in [1.29, 1.82) is 0 Å². The van der Waals surface area contributed by atoms with Crippen molar-refractivity contribution in [2.75, 3.05) is 12.3 Å². The van der Waals surface area contributed by atoms with Gasteiger partial charge in [0.05, 0.1) is 5.75 Å². The monoisotopic (exact) mass is 290 g/mol. The van der Waals surface area contributed by atoms with Crippen LogP contribution in [0.4, 0.5) is 0 Å². The minimum absolute atomic E-state index is 0.147. The van der Waals surface area contributed by atoms with Gasteiger partial charge in [-0.25, -0.2) is 13.1 Å². The summed E-state index contributed by atoms with van der Waals surface area (Å²) in [7, 11) is -3.10. The van der Waals surface area contributed by atoms with Crippen LogP contribution in [0.5, 0.6) is 0 Å². The van der Waals surface area contributed by atoms with Gasteiger partial charge in [-0.15, -0.1) is 0 Å².